The number of aryl methyl sites for hydroxylation is 2. The minimum atomic E-state index is -0.572. The third-order valence-corrected chi connectivity index (χ3v) is 6.22. The Morgan fingerprint density at radius 2 is 1.88 bits per heavy atom. The minimum absolute atomic E-state index is 0.0425. The van der Waals surface area contributed by atoms with Gasteiger partial charge in [0.15, 0.2) is 0 Å². The maximum Gasteiger partial charge on any atom is 0.242 e. The van der Waals surface area contributed by atoms with Crippen LogP contribution in [-0.4, -0.2) is 71.8 Å². The van der Waals surface area contributed by atoms with Gasteiger partial charge in [-0.1, -0.05) is 0 Å². The third kappa shape index (κ3) is 4.93. The molecule has 2 aliphatic heterocycles. The topological polar surface area (TPSA) is 73.7 Å². The smallest absolute Gasteiger partial charge is 0.242 e. The summed E-state index contributed by atoms with van der Waals surface area (Å²) in [5.74, 6) is 0.292. The summed E-state index contributed by atoms with van der Waals surface area (Å²) in [5.41, 5.74) is 1.89. The molecule has 1 aromatic heterocycles. The van der Waals surface area contributed by atoms with Gasteiger partial charge >= 0.3 is 0 Å². The molecule has 2 aromatic rings. The van der Waals surface area contributed by atoms with E-state index in [1.807, 2.05) is 25.1 Å². The largest absolute Gasteiger partial charge is 0.369 e. The van der Waals surface area contributed by atoms with E-state index < -0.39 is 6.04 Å². The number of anilines is 2. The van der Waals surface area contributed by atoms with Crippen molar-refractivity contribution in [1.82, 2.24) is 20.0 Å². The summed E-state index contributed by atoms with van der Waals surface area (Å²) in [5, 5.41) is 7.38. The number of nitrogens with one attached hydrogen (secondary N) is 1. The fraction of sp³-hybridized carbons (Fsp3) is 0.522. The lowest BCUT2D eigenvalue weighted by atomic mass is 10.2. The van der Waals surface area contributed by atoms with Crippen LogP contribution in [0.1, 0.15) is 25.5 Å². The molecule has 32 heavy (non-hydrogen) atoms. The van der Waals surface area contributed by atoms with E-state index in [4.69, 9.17) is 0 Å². The maximum absolute atomic E-state index is 13.1. The summed E-state index contributed by atoms with van der Waals surface area (Å²) in [6.07, 6.45) is 1.20. The number of amides is 2. The Labute approximate surface area is 188 Å². The number of carbonyl (C=O) groups excluding carboxylic acids is 2. The van der Waals surface area contributed by atoms with Gasteiger partial charge < -0.3 is 10.2 Å². The Balaban J connectivity index is 1.19. The van der Waals surface area contributed by atoms with Crippen LogP contribution in [-0.2, 0) is 16.1 Å². The first kappa shape index (κ1) is 22.3. The molecule has 4 rings (SSSR count). The van der Waals surface area contributed by atoms with Crippen LogP contribution in [0.5, 0.6) is 0 Å². The van der Waals surface area contributed by atoms with E-state index in [1.54, 1.807) is 16.5 Å². The fourth-order valence-electron chi connectivity index (χ4n) is 4.42. The molecular formula is C23H31FN6O2. The van der Waals surface area contributed by atoms with E-state index in [2.05, 4.69) is 20.2 Å². The standard InChI is InChI=1S/C23H31FN6O2/c1-17-16-21-29(26-17)11-8-22(31)30(21)18(2)23(32)25-9-3-10-27-12-14-28(15-13-27)20-6-4-19(24)5-7-20/h4-7,16,18H,3,8-15H2,1-2H3,(H,25,32)/t18-/m0/s1. The number of piperazine rings is 1. The van der Waals surface area contributed by atoms with Gasteiger partial charge in [-0.15, -0.1) is 0 Å². The predicted octanol–water partition coefficient (Wildman–Crippen LogP) is 1.78. The molecule has 1 atom stereocenters. The SMILES string of the molecule is Cc1cc2n(n1)CCC(=O)N2[C@@H](C)C(=O)NCCCN1CCN(c2ccc(F)cc2)CC1. The van der Waals surface area contributed by atoms with Crippen LogP contribution in [0.4, 0.5) is 15.9 Å². The minimum Gasteiger partial charge on any atom is -0.369 e. The van der Waals surface area contributed by atoms with Gasteiger partial charge in [0.25, 0.3) is 0 Å². The molecule has 2 amide bonds. The van der Waals surface area contributed by atoms with Gasteiger partial charge in [0.2, 0.25) is 11.8 Å². The second-order valence-corrected chi connectivity index (χ2v) is 8.51. The molecule has 172 valence electrons. The first-order valence-corrected chi connectivity index (χ1v) is 11.3. The van der Waals surface area contributed by atoms with Crippen molar-refractivity contribution in [1.29, 1.82) is 0 Å². The average Bonchev–Trinajstić information content (AvgIpc) is 3.17. The van der Waals surface area contributed by atoms with E-state index in [9.17, 15) is 14.0 Å². The molecule has 8 nitrogen and oxygen atoms in total. The van der Waals surface area contributed by atoms with Crippen LogP contribution in [0.2, 0.25) is 0 Å². The molecule has 0 aliphatic carbocycles. The van der Waals surface area contributed by atoms with Crippen molar-refractivity contribution in [2.75, 3.05) is 49.1 Å². The van der Waals surface area contributed by atoms with E-state index in [0.29, 0.717) is 25.3 Å². The summed E-state index contributed by atoms with van der Waals surface area (Å²) in [7, 11) is 0. The molecular weight excluding hydrogens is 411 g/mol. The van der Waals surface area contributed by atoms with Gasteiger partial charge in [-0.3, -0.25) is 19.4 Å². The molecule has 0 saturated carbocycles. The molecule has 9 heteroatoms. The van der Waals surface area contributed by atoms with Crippen molar-refractivity contribution >= 4 is 23.3 Å². The van der Waals surface area contributed by atoms with Crippen molar-refractivity contribution in [3.8, 4) is 0 Å². The van der Waals surface area contributed by atoms with Crippen LogP contribution >= 0.6 is 0 Å². The number of benzene rings is 1. The van der Waals surface area contributed by atoms with Gasteiger partial charge in [-0.25, -0.2) is 9.07 Å². The second-order valence-electron chi connectivity index (χ2n) is 8.51. The molecule has 1 saturated heterocycles. The normalized spacial score (nSPS) is 17.9. The van der Waals surface area contributed by atoms with E-state index in [0.717, 1.165) is 50.5 Å². The number of fused-ring (bicyclic) bond motifs is 1. The van der Waals surface area contributed by atoms with Crippen LogP contribution in [0, 0.1) is 12.7 Å². The first-order chi connectivity index (χ1) is 15.4. The summed E-state index contributed by atoms with van der Waals surface area (Å²) < 4.78 is 14.9. The highest BCUT2D eigenvalue weighted by molar-refractivity contribution is 6.00. The van der Waals surface area contributed by atoms with Crippen LogP contribution in [0.15, 0.2) is 30.3 Å². The quantitative estimate of drug-likeness (QED) is 0.662. The lowest BCUT2D eigenvalue weighted by molar-refractivity contribution is -0.126. The number of hydrogen-bond donors (Lipinski definition) is 1. The average molecular weight is 443 g/mol. The fourth-order valence-corrected chi connectivity index (χ4v) is 4.42. The number of nitrogens with zero attached hydrogens (tertiary/aromatic N) is 5. The van der Waals surface area contributed by atoms with Crippen LogP contribution in [0.3, 0.4) is 0 Å². The summed E-state index contributed by atoms with van der Waals surface area (Å²) in [6.45, 7) is 9.36. The number of carbonyl (C=O) groups is 2. The van der Waals surface area contributed by atoms with Gasteiger partial charge in [0.05, 0.1) is 12.2 Å². The van der Waals surface area contributed by atoms with Crippen molar-refractivity contribution in [3.63, 3.8) is 0 Å². The van der Waals surface area contributed by atoms with Crippen molar-refractivity contribution in [2.24, 2.45) is 0 Å². The van der Waals surface area contributed by atoms with Crippen molar-refractivity contribution in [3.05, 3.63) is 41.8 Å². The highest BCUT2D eigenvalue weighted by Gasteiger charge is 2.33. The molecule has 2 aliphatic rings. The summed E-state index contributed by atoms with van der Waals surface area (Å²) in [6, 6.07) is 7.92. The van der Waals surface area contributed by atoms with Gasteiger partial charge in [-0.05, 0) is 51.1 Å². The summed E-state index contributed by atoms with van der Waals surface area (Å²) in [4.78, 5) is 31.4. The number of hydrogen-bond acceptors (Lipinski definition) is 5. The monoisotopic (exact) mass is 442 g/mol. The highest BCUT2D eigenvalue weighted by Crippen LogP contribution is 2.24. The van der Waals surface area contributed by atoms with Gasteiger partial charge in [0.1, 0.15) is 17.7 Å². The molecule has 0 radical (unpaired) electrons. The Morgan fingerprint density at radius 1 is 1.16 bits per heavy atom. The second kappa shape index (κ2) is 9.68. The van der Waals surface area contributed by atoms with Gasteiger partial charge in [-0.2, -0.15) is 5.10 Å². The van der Waals surface area contributed by atoms with Crippen molar-refractivity contribution < 1.29 is 14.0 Å². The molecule has 3 heterocycles. The lowest BCUT2D eigenvalue weighted by Crippen LogP contribution is -2.51. The molecule has 0 unspecified atom stereocenters. The van der Waals surface area contributed by atoms with E-state index >= 15 is 0 Å². The molecule has 1 aromatic carbocycles. The number of aromatic nitrogens is 2. The van der Waals surface area contributed by atoms with Gasteiger partial charge in [0, 0.05) is 50.9 Å². The first-order valence-electron chi connectivity index (χ1n) is 11.3. The Bertz CT molecular complexity index is 952. The predicted molar refractivity (Wildman–Crippen MR) is 121 cm³/mol. The number of rotatable bonds is 7. The third-order valence-electron chi connectivity index (χ3n) is 6.22. The van der Waals surface area contributed by atoms with Crippen LogP contribution < -0.4 is 15.1 Å². The van der Waals surface area contributed by atoms with Crippen molar-refractivity contribution in [2.45, 2.75) is 39.3 Å². The zero-order chi connectivity index (χ0) is 22.7. The molecule has 1 N–H and O–H groups in total. The zero-order valence-electron chi connectivity index (χ0n) is 18.8. The molecule has 0 spiro atoms. The Morgan fingerprint density at radius 3 is 2.59 bits per heavy atom. The Hall–Kier alpha value is -2.94. The van der Waals surface area contributed by atoms with Crippen LogP contribution in [0.25, 0.3) is 0 Å². The number of halogens is 1. The highest BCUT2D eigenvalue weighted by atomic mass is 19.1. The van der Waals surface area contributed by atoms with E-state index in [-0.39, 0.29) is 17.6 Å². The maximum atomic E-state index is 13.1. The zero-order valence-corrected chi connectivity index (χ0v) is 18.8. The summed E-state index contributed by atoms with van der Waals surface area (Å²) >= 11 is 0. The molecule has 1 fully saturated rings. The Kier molecular flexibility index (Phi) is 6.74. The van der Waals surface area contributed by atoms with E-state index in [1.165, 1.54) is 12.1 Å². The lowest BCUT2D eigenvalue weighted by Gasteiger charge is -2.36. The molecule has 0 bridgehead atoms.